The lowest BCUT2D eigenvalue weighted by molar-refractivity contribution is -0.122. The van der Waals surface area contributed by atoms with Gasteiger partial charge in [0.2, 0.25) is 5.91 Å². The highest BCUT2D eigenvalue weighted by atomic mass is 16.5. The number of benzene rings is 1. The normalized spacial score (nSPS) is 22.7. The maximum absolute atomic E-state index is 11.3. The molecule has 2 aliphatic rings. The van der Waals surface area contributed by atoms with Gasteiger partial charge in [-0.1, -0.05) is 24.3 Å². The molecule has 6 nitrogen and oxygen atoms in total. The summed E-state index contributed by atoms with van der Waals surface area (Å²) < 4.78 is 6.16. The minimum absolute atomic E-state index is 0.136. The summed E-state index contributed by atoms with van der Waals surface area (Å²) in [5, 5.41) is 9.59. The lowest BCUT2D eigenvalue weighted by Crippen LogP contribution is -2.51. The highest BCUT2D eigenvalue weighted by molar-refractivity contribution is 5.81. The van der Waals surface area contributed by atoms with Crippen LogP contribution in [0.5, 0.6) is 0 Å². The molecule has 1 aromatic rings. The molecule has 2 unspecified atom stereocenters. The van der Waals surface area contributed by atoms with Crippen molar-refractivity contribution in [3.05, 3.63) is 35.4 Å². The zero-order valence-electron chi connectivity index (χ0n) is 16.3. The Kier molecular flexibility index (Phi) is 7.51. The van der Waals surface area contributed by atoms with E-state index in [1.54, 1.807) is 0 Å². The van der Waals surface area contributed by atoms with Crippen LogP contribution >= 0.6 is 0 Å². The molecule has 1 aromatic carbocycles. The highest BCUT2D eigenvalue weighted by Gasteiger charge is 2.20. The maximum Gasteiger partial charge on any atom is 0.220 e. The summed E-state index contributed by atoms with van der Waals surface area (Å²) in [4.78, 5) is 15.9. The average Bonchev–Trinajstić information content (AvgIpc) is 2.69. The molecule has 0 bridgehead atoms. The molecular formula is C21H32N4O2. The molecule has 1 fully saturated rings. The molecule has 1 heterocycles. The van der Waals surface area contributed by atoms with E-state index >= 15 is 0 Å². The summed E-state index contributed by atoms with van der Waals surface area (Å²) in [6.45, 7) is 4.99. The van der Waals surface area contributed by atoms with Crippen molar-refractivity contribution in [2.45, 2.75) is 57.6 Å². The van der Waals surface area contributed by atoms with Gasteiger partial charge in [0.15, 0.2) is 5.96 Å². The zero-order valence-corrected chi connectivity index (χ0v) is 16.3. The molecule has 3 N–H and O–H groups in total. The second kappa shape index (κ2) is 10.3. The van der Waals surface area contributed by atoms with Gasteiger partial charge in [-0.25, -0.2) is 0 Å². The molecule has 1 amide bonds. The van der Waals surface area contributed by atoms with Crippen molar-refractivity contribution >= 4 is 11.9 Å². The third-order valence-electron chi connectivity index (χ3n) is 5.16. The molecule has 1 aliphatic heterocycles. The number of nitrogens with one attached hydrogen (secondary N) is 3. The predicted octanol–water partition coefficient (Wildman–Crippen LogP) is 2.30. The standard InChI is InChI=1S/C21H32N4O2/c1-2-22-21(25-17-11-12-20(26)24-15-17)23-13-6-14-27-19-10-5-8-16-7-3-4-9-18(16)19/h3-4,7,9,17,19H,2,5-6,8,10-15H2,1H3,(H,24,26)(H2,22,23,25). The van der Waals surface area contributed by atoms with Crippen LogP contribution in [0.15, 0.2) is 29.3 Å². The zero-order chi connectivity index (χ0) is 18.9. The van der Waals surface area contributed by atoms with Gasteiger partial charge in [0.05, 0.1) is 6.10 Å². The molecule has 6 heteroatoms. The van der Waals surface area contributed by atoms with Crippen LogP contribution in [0.2, 0.25) is 0 Å². The molecule has 2 atom stereocenters. The Bertz CT molecular complexity index is 637. The first-order valence-electron chi connectivity index (χ1n) is 10.3. The SMILES string of the molecule is CCNC(=NCCCOC1CCCc2ccccc21)NC1CCC(=O)NC1. The Morgan fingerprint density at radius 3 is 3.00 bits per heavy atom. The van der Waals surface area contributed by atoms with E-state index in [0.717, 1.165) is 44.9 Å². The number of aliphatic imine (C=N–C) groups is 1. The summed E-state index contributed by atoms with van der Waals surface area (Å²) in [7, 11) is 0. The fourth-order valence-electron chi connectivity index (χ4n) is 3.73. The number of nitrogens with zero attached hydrogens (tertiary/aromatic N) is 1. The van der Waals surface area contributed by atoms with E-state index in [1.165, 1.54) is 24.0 Å². The fourth-order valence-corrected chi connectivity index (χ4v) is 3.73. The summed E-state index contributed by atoms with van der Waals surface area (Å²) in [5.41, 5.74) is 2.80. The van der Waals surface area contributed by atoms with Gasteiger partial charge in [-0.05, 0) is 50.2 Å². The van der Waals surface area contributed by atoms with E-state index < -0.39 is 0 Å². The number of piperidine rings is 1. The minimum atomic E-state index is 0.136. The van der Waals surface area contributed by atoms with E-state index in [2.05, 4.69) is 52.1 Å². The highest BCUT2D eigenvalue weighted by Crippen LogP contribution is 2.32. The van der Waals surface area contributed by atoms with Crippen LogP contribution in [0, 0.1) is 0 Å². The van der Waals surface area contributed by atoms with Crippen LogP contribution in [-0.4, -0.2) is 44.1 Å². The van der Waals surface area contributed by atoms with Gasteiger partial charge in [-0.2, -0.15) is 0 Å². The van der Waals surface area contributed by atoms with Crippen LogP contribution in [-0.2, 0) is 16.0 Å². The minimum Gasteiger partial charge on any atom is -0.373 e. The molecule has 3 rings (SSSR count). The first kappa shape index (κ1) is 19.7. The number of carbonyl (C=O) groups is 1. The third kappa shape index (κ3) is 5.96. The molecule has 0 aromatic heterocycles. The van der Waals surface area contributed by atoms with Gasteiger partial charge >= 0.3 is 0 Å². The Morgan fingerprint density at radius 2 is 2.19 bits per heavy atom. The van der Waals surface area contributed by atoms with Crippen molar-refractivity contribution < 1.29 is 9.53 Å². The molecule has 0 radical (unpaired) electrons. The monoisotopic (exact) mass is 372 g/mol. The summed E-state index contributed by atoms with van der Waals surface area (Å²) in [6, 6.07) is 8.89. The van der Waals surface area contributed by atoms with Crippen molar-refractivity contribution in [1.82, 2.24) is 16.0 Å². The number of aryl methyl sites for hydroxylation is 1. The van der Waals surface area contributed by atoms with E-state index in [9.17, 15) is 4.79 Å². The van der Waals surface area contributed by atoms with E-state index in [-0.39, 0.29) is 18.1 Å². The molecule has 27 heavy (non-hydrogen) atoms. The van der Waals surface area contributed by atoms with Gasteiger partial charge in [0.1, 0.15) is 0 Å². The van der Waals surface area contributed by atoms with Crippen molar-refractivity contribution in [2.75, 3.05) is 26.2 Å². The number of rotatable bonds is 7. The molecular weight excluding hydrogens is 340 g/mol. The van der Waals surface area contributed by atoms with Gasteiger partial charge in [-0.15, -0.1) is 0 Å². The second-order valence-corrected chi connectivity index (χ2v) is 7.25. The Labute approximate surface area is 162 Å². The van der Waals surface area contributed by atoms with Gasteiger partial charge in [0, 0.05) is 38.7 Å². The van der Waals surface area contributed by atoms with Crippen LogP contribution in [0.25, 0.3) is 0 Å². The summed E-state index contributed by atoms with van der Waals surface area (Å²) >= 11 is 0. The average molecular weight is 373 g/mol. The van der Waals surface area contributed by atoms with Crippen molar-refractivity contribution in [2.24, 2.45) is 4.99 Å². The third-order valence-corrected chi connectivity index (χ3v) is 5.16. The number of hydrogen-bond acceptors (Lipinski definition) is 3. The number of hydrogen-bond donors (Lipinski definition) is 3. The number of guanidine groups is 1. The van der Waals surface area contributed by atoms with E-state index in [0.29, 0.717) is 13.0 Å². The van der Waals surface area contributed by atoms with E-state index in [1.807, 2.05) is 0 Å². The van der Waals surface area contributed by atoms with Gasteiger partial charge < -0.3 is 20.7 Å². The fraction of sp³-hybridized carbons (Fsp3) is 0.619. The molecule has 1 saturated heterocycles. The lowest BCUT2D eigenvalue weighted by atomic mass is 9.89. The second-order valence-electron chi connectivity index (χ2n) is 7.25. The molecule has 0 spiro atoms. The van der Waals surface area contributed by atoms with Crippen molar-refractivity contribution in [3.63, 3.8) is 0 Å². The van der Waals surface area contributed by atoms with Gasteiger partial charge in [-0.3, -0.25) is 9.79 Å². The van der Waals surface area contributed by atoms with Crippen LogP contribution in [0.1, 0.15) is 56.3 Å². The van der Waals surface area contributed by atoms with Crippen LogP contribution in [0.3, 0.4) is 0 Å². The molecule has 1 aliphatic carbocycles. The van der Waals surface area contributed by atoms with Gasteiger partial charge in [0.25, 0.3) is 0 Å². The number of carbonyl (C=O) groups excluding carboxylic acids is 1. The maximum atomic E-state index is 11.3. The Hall–Kier alpha value is -2.08. The lowest BCUT2D eigenvalue weighted by Gasteiger charge is -2.26. The smallest absolute Gasteiger partial charge is 0.220 e. The predicted molar refractivity (Wildman–Crippen MR) is 108 cm³/mol. The largest absolute Gasteiger partial charge is 0.373 e. The van der Waals surface area contributed by atoms with Crippen LogP contribution < -0.4 is 16.0 Å². The topological polar surface area (TPSA) is 74.8 Å². The number of fused-ring (bicyclic) bond motifs is 1. The first-order chi connectivity index (χ1) is 13.3. The van der Waals surface area contributed by atoms with Crippen LogP contribution in [0.4, 0.5) is 0 Å². The molecule has 148 valence electrons. The quantitative estimate of drug-likeness (QED) is 0.390. The number of ether oxygens (including phenoxy) is 1. The van der Waals surface area contributed by atoms with E-state index in [4.69, 9.17) is 4.74 Å². The summed E-state index contributed by atoms with van der Waals surface area (Å²) in [5.74, 6) is 0.957. The summed E-state index contributed by atoms with van der Waals surface area (Å²) in [6.07, 6.45) is 6.03. The number of amides is 1. The van der Waals surface area contributed by atoms with Crippen molar-refractivity contribution in [1.29, 1.82) is 0 Å². The first-order valence-corrected chi connectivity index (χ1v) is 10.3. The molecule has 0 saturated carbocycles. The van der Waals surface area contributed by atoms with Crippen molar-refractivity contribution in [3.8, 4) is 0 Å². The Balaban J connectivity index is 1.41. The Morgan fingerprint density at radius 1 is 1.30 bits per heavy atom.